The minimum Gasteiger partial charge on any atom is -0.461 e. The van der Waals surface area contributed by atoms with Crippen molar-refractivity contribution in [1.29, 1.82) is 5.26 Å². The van der Waals surface area contributed by atoms with Crippen molar-refractivity contribution in [3.63, 3.8) is 0 Å². The van der Waals surface area contributed by atoms with Gasteiger partial charge in [0.2, 0.25) is 5.91 Å². The van der Waals surface area contributed by atoms with Gasteiger partial charge in [0.15, 0.2) is 0 Å². The molecule has 108 valence electrons. The molecule has 2 rings (SSSR count). The molecule has 4 nitrogen and oxygen atoms in total. The predicted octanol–water partition coefficient (Wildman–Crippen LogP) is 3.25. The van der Waals surface area contributed by atoms with E-state index in [4.69, 9.17) is 9.68 Å². The quantitative estimate of drug-likeness (QED) is 0.817. The molecule has 0 N–H and O–H groups in total. The molecule has 0 saturated heterocycles. The van der Waals surface area contributed by atoms with Crippen molar-refractivity contribution < 1.29 is 9.21 Å². The highest BCUT2D eigenvalue weighted by atomic mass is 16.3. The van der Waals surface area contributed by atoms with Crippen LogP contribution in [0.15, 0.2) is 46.9 Å². The molecular formula is C17H18N2O2. The fourth-order valence-corrected chi connectivity index (χ4v) is 2.03. The normalized spacial score (nSPS) is 10.1. The Morgan fingerprint density at radius 3 is 2.71 bits per heavy atom. The third-order valence-corrected chi connectivity index (χ3v) is 3.29. The van der Waals surface area contributed by atoms with E-state index in [-0.39, 0.29) is 5.91 Å². The maximum atomic E-state index is 11.9. The summed E-state index contributed by atoms with van der Waals surface area (Å²) in [4.78, 5) is 13.5. The number of amides is 1. The van der Waals surface area contributed by atoms with Gasteiger partial charge in [-0.3, -0.25) is 4.79 Å². The molecule has 2 aromatic rings. The lowest BCUT2D eigenvalue weighted by molar-refractivity contribution is -0.129. The van der Waals surface area contributed by atoms with Gasteiger partial charge in [-0.2, -0.15) is 5.26 Å². The van der Waals surface area contributed by atoms with Crippen LogP contribution in [0.25, 0.3) is 11.3 Å². The molecule has 0 unspecified atom stereocenters. The van der Waals surface area contributed by atoms with E-state index in [1.54, 1.807) is 11.9 Å². The first kappa shape index (κ1) is 14.9. The van der Waals surface area contributed by atoms with Crippen molar-refractivity contribution in [2.45, 2.75) is 19.3 Å². The van der Waals surface area contributed by atoms with Gasteiger partial charge in [-0.05, 0) is 12.1 Å². The van der Waals surface area contributed by atoms with Crippen LogP contribution in [0, 0.1) is 11.3 Å². The second-order valence-corrected chi connectivity index (χ2v) is 4.86. The molecule has 21 heavy (non-hydrogen) atoms. The monoisotopic (exact) mass is 282 g/mol. The Labute approximate surface area is 124 Å². The maximum Gasteiger partial charge on any atom is 0.222 e. The zero-order chi connectivity index (χ0) is 15.1. The van der Waals surface area contributed by atoms with Gasteiger partial charge in [0.1, 0.15) is 11.5 Å². The molecule has 0 aliphatic heterocycles. The standard InChI is InChI=1S/C17H18N2O2/c1-19(13-5-12-18)17(20)11-9-15-8-10-16(21-15)14-6-3-2-4-7-14/h2-4,6-8,10H,5,9,11,13H2,1H3. The Bertz CT molecular complexity index is 626. The first-order valence-electron chi connectivity index (χ1n) is 6.96. The number of rotatable bonds is 6. The summed E-state index contributed by atoms with van der Waals surface area (Å²) >= 11 is 0. The molecule has 1 aromatic carbocycles. The minimum atomic E-state index is 0.0305. The Balaban J connectivity index is 1.89. The molecule has 0 aliphatic rings. The van der Waals surface area contributed by atoms with E-state index in [1.807, 2.05) is 48.5 Å². The molecule has 0 aliphatic carbocycles. The molecule has 0 fully saturated rings. The Morgan fingerprint density at radius 1 is 1.24 bits per heavy atom. The highest BCUT2D eigenvalue weighted by Crippen LogP contribution is 2.22. The summed E-state index contributed by atoms with van der Waals surface area (Å²) in [6.07, 6.45) is 1.33. The summed E-state index contributed by atoms with van der Waals surface area (Å²) < 4.78 is 5.76. The Hall–Kier alpha value is -2.54. The number of hydrogen-bond donors (Lipinski definition) is 0. The van der Waals surface area contributed by atoms with Gasteiger partial charge in [-0.15, -0.1) is 0 Å². The first-order chi connectivity index (χ1) is 10.2. The van der Waals surface area contributed by atoms with Crippen LogP contribution in [0.2, 0.25) is 0 Å². The average Bonchev–Trinajstić information content (AvgIpc) is 3.00. The van der Waals surface area contributed by atoms with Crippen LogP contribution in [0.3, 0.4) is 0 Å². The van der Waals surface area contributed by atoms with Crippen LogP contribution >= 0.6 is 0 Å². The molecule has 1 heterocycles. The Kier molecular flexibility index (Phi) is 5.16. The van der Waals surface area contributed by atoms with Crippen molar-refractivity contribution in [3.05, 3.63) is 48.2 Å². The number of hydrogen-bond acceptors (Lipinski definition) is 3. The van der Waals surface area contributed by atoms with Gasteiger partial charge in [0.25, 0.3) is 0 Å². The lowest BCUT2D eigenvalue weighted by Crippen LogP contribution is -2.27. The second-order valence-electron chi connectivity index (χ2n) is 4.86. The van der Waals surface area contributed by atoms with E-state index in [9.17, 15) is 4.79 Å². The summed E-state index contributed by atoms with van der Waals surface area (Å²) in [7, 11) is 1.72. The summed E-state index contributed by atoms with van der Waals surface area (Å²) in [5.74, 6) is 1.65. The summed E-state index contributed by atoms with van der Waals surface area (Å²) in [5, 5.41) is 8.51. The van der Waals surface area contributed by atoms with Gasteiger partial charge >= 0.3 is 0 Å². The second kappa shape index (κ2) is 7.30. The van der Waals surface area contributed by atoms with Crippen LogP contribution < -0.4 is 0 Å². The van der Waals surface area contributed by atoms with Crippen LogP contribution in [0.1, 0.15) is 18.6 Å². The van der Waals surface area contributed by atoms with Crippen LogP contribution in [-0.2, 0) is 11.2 Å². The van der Waals surface area contributed by atoms with E-state index in [1.165, 1.54) is 0 Å². The SMILES string of the molecule is CN(CCC#N)C(=O)CCc1ccc(-c2ccccc2)o1. The fourth-order valence-electron chi connectivity index (χ4n) is 2.03. The van der Waals surface area contributed by atoms with Crippen molar-refractivity contribution >= 4 is 5.91 Å². The van der Waals surface area contributed by atoms with E-state index >= 15 is 0 Å². The predicted molar refractivity (Wildman–Crippen MR) is 80.3 cm³/mol. The zero-order valence-corrected chi connectivity index (χ0v) is 12.1. The van der Waals surface area contributed by atoms with Gasteiger partial charge < -0.3 is 9.32 Å². The molecule has 4 heteroatoms. The lowest BCUT2D eigenvalue weighted by atomic mass is 10.2. The third-order valence-electron chi connectivity index (χ3n) is 3.29. The molecule has 0 radical (unpaired) electrons. The lowest BCUT2D eigenvalue weighted by Gasteiger charge is -2.14. The summed E-state index contributed by atoms with van der Waals surface area (Å²) in [5.41, 5.74) is 1.03. The van der Waals surface area contributed by atoms with Crippen LogP contribution in [0.5, 0.6) is 0 Å². The molecule has 0 bridgehead atoms. The highest BCUT2D eigenvalue weighted by Gasteiger charge is 2.10. The average molecular weight is 282 g/mol. The van der Waals surface area contributed by atoms with Gasteiger partial charge in [0, 0.05) is 32.0 Å². The molecule has 1 amide bonds. The van der Waals surface area contributed by atoms with E-state index in [0.717, 1.165) is 17.1 Å². The number of nitriles is 1. The minimum absolute atomic E-state index is 0.0305. The van der Waals surface area contributed by atoms with E-state index in [2.05, 4.69) is 0 Å². The molecule has 0 spiro atoms. The Morgan fingerprint density at radius 2 is 2.00 bits per heavy atom. The fraction of sp³-hybridized carbons (Fsp3) is 0.294. The number of carbonyl (C=O) groups excluding carboxylic acids is 1. The van der Waals surface area contributed by atoms with Crippen molar-refractivity contribution in [3.8, 4) is 17.4 Å². The van der Waals surface area contributed by atoms with E-state index in [0.29, 0.717) is 25.8 Å². The number of furan rings is 1. The van der Waals surface area contributed by atoms with Crippen LogP contribution in [-0.4, -0.2) is 24.4 Å². The van der Waals surface area contributed by atoms with Gasteiger partial charge in [0.05, 0.1) is 12.5 Å². The smallest absolute Gasteiger partial charge is 0.222 e. The largest absolute Gasteiger partial charge is 0.461 e. The number of benzene rings is 1. The number of nitrogens with zero attached hydrogens (tertiary/aromatic N) is 2. The van der Waals surface area contributed by atoms with E-state index < -0.39 is 0 Å². The van der Waals surface area contributed by atoms with Crippen LogP contribution in [0.4, 0.5) is 0 Å². The topological polar surface area (TPSA) is 57.2 Å². The molecule has 0 saturated carbocycles. The first-order valence-corrected chi connectivity index (χ1v) is 6.96. The summed E-state index contributed by atoms with van der Waals surface area (Å²) in [6, 6.07) is 15.7. The number of aryl methyl sites for hydroxylation is 1. The third kappa shape index (κ3) is 4.22. The highest BCUT2D eigenvalue weighted by molar-refractivity contribution is 5.76. The van der Waals surface area contributed by atoms with Gasteiger partial charge in [-0.1, -0.05) is 30.3 Å². The van der Waals surface area contributed by atoms with Crippen molar-refractivity contribution in [2.75, 3.05) is 13.6 Å². The van der Waals surface area contributed by atoms with Crippen molar-refractivity contribution in [1.82, 2.24) is 4.90 Å². The molecular weight excluding hydrogens is 264 g/mol. The van der Waals surface area contributed by atoms with Crippen molar-refractivity contribution in [2.24, 2.45) is 0 Å². The zero-order valence-electron chi connectivity index (χ0n) is 12.1. The molecule has 0 atom stereocenters. The van der Waals surface area contributed by atoms with Gasteiger partial charge in [-0.25, -0.2) is 0 Å². The molecule has 1 aromatic heterocycles. The summed E-state index contributed by atoms with van der Waals surface area (Å²) in [6.45, 7) is 0.475. The number of carbonyl (C=O) groups is 1. The maximum absolute atomic E-state index is 11.9.